The molecule has 5 nitrogen and oxygen atoms in total. The van der Waals surface area contributed by atoms with Gasteiger partial charge >= 0.3 is 0 Å². The zero-order valence-corrected chi connectivity index (χ0v) is 14.7. The minimum atomic E-state index is -0.273. The van der Waals surface area contributed by atoms with Crippen LogP contribution in [-0.4, -0.2) is 32.3 Å². The monoisotopic (exact) mass is 354 g/mol. The fraction of sp³-hybridized carbons (Fsp3) is 0.136. The third-order valence-corrected chi connectivity index (χ3v) is 5.12. The molecule has 0 N–H and O–H groups in total. The summed E-state index contributed by atoms with van der Waals surface area (Å²) in [4.78, 5) is 15.0. The van der Waals surface area contributed by atoms with Crippen molar-refractivity contribution in [2.24, 2.45) is 0 Å². The normalized spacial score (nSPS) is 16.1. The van der Waals surface area contributed by atoms with Crippen molar-refractivity contribution in [2.75, 3.05) is 6.54 Å². The van der Waals surface area contributed by atoms with Crippen LogP contribution in [0.25, 0.3) is 11.0 Å². The third-order valence-electron chi connectivity index (χ3n) is 5.12. The van der Waals surface area contributed by atoms with E-state index >= 15 is 0 Å². The Kier molecular flexibility index (Phi) is 3.71. The van der Waals surface area contributed by atoms with Crippen molar-refractivity contribution in [3.63, 3.8) is 0 Å². The van der Waals surface area contributed by atoms with Gasteiger partial charge in [0, 0.05) is 17.7 Å². The van der Waals surface area contributed by atoms with Gasteiger partial charge in [0.15, 0.2) is 6.17 Å². The molecule has 1 atom stereocenters. The van der Waals surface area contributed by atoms with E-state index < -0.39 is 0 Å². The lowest BCUT2D eigenvalue weighted by Crippen LogP contribution is -2.34. The zero-order chi connectivity index (χ0) is 18.2. The van der Waals surface area contributed by atoms with E-state index in [2.05, 4.69) is 22.4 Å². The van der Waals surface area contributed by atoms with E-state index in [-0.39, 0.29) is 12.1 Å². The van der Waals surface area contributed by atoms with Gasteiger partial charge in [-0.2, -0.15) is 0 Å². The number of rotatable bonds is 4. The molecule has 0 saturated carbocycles. The second kappa shape index (κ2) is 6.36. The minimum absolute atomic E-state index is 0.0473. The smallest absolute Gasteiger partial charge is 0.256 e. The van der Waals surface area contributed by atoms with Crippen molar-refractivity contribution in [1.82, 2.24) is 19.9 Å². The van der Waals surface area contributed by atoms with E-state index in [1.54, 1.807) is 0 Å². The van der Waals surface area contributed by atoms with Crippen LogP contribution in [-0.2, 0) is 6.42 Å². The SMILES string of the molecule is O=C1c2ccccc2C(n2nnc3ccccc32)N1CCc1ccccc1. The van der Waals surface area contributed by atoms with Gasteiger partial charge in [0.05, 0.1) is 5.52 Å². The molecule has 0 spiro atoms. The minimum Gasteiger partial charge on any atom is -0.312 e. The predicted molar refractivity (Wildman–Crippen MR) is 103 cm³/mol. The fourth-order valence-electron chi connectivity index (χ4n) is 3.80. The lowest BCUT2D eigenvalue weighted by atomic mass is 10.1. The third kappa shape index (κ3) is 2.59. The lowest BCUT2D eigenvalue weighted by Gasteiger charge is -2.25. The topological polar surface area (TPSA) is 51.0 Å². The lowest BCUT2D eigenvalue weighted by molar-refractivity contribution is 0.0693. The Bertz CT molecular complexity index is 1120. The molecule has 27 heavy (non-hydrogen) atoms. The van der Waals surface area contributed by atoms with Crippen LogP contribution in [0.3, 0.4) is 0 Å². The first-order valence-electron chi connectivity index (χ1n) is 9.07. The van der Waals surface area contributed by atoms with E-state index in [1.807, 2.05) is 76.3 Å². The number of carbonyl (C=O) groups excluding carboxylic acids is 1. The Balaban J connectivity index is 1.57. The summed E-state index contributed by atoms with van der Waals surface area (Å²) in [6.45, 7) is 0.621. The molecular weight excluding hydrogens is 336 g/mol. The summed E-state index contributed by atoms with van der Waals surface area (Å²) in [6, 6.07) is 25.9. The molecule has 1 aliphatic rings. The van der Waals surface area contributed by atoms with E-state index in [0.29, 0.717) is 6.54 Å². The predicted octanol–water partition coefficient (Wildman–Crippen LogP) is 3.68. The molecule has 5 heteroatoms. The van der Waals surface area contributed by atoms with Gasteiger partial charge in [-0.3, -0.25) is 4.79 Å². The highest BCUT2D eigenvalue weighted by Gasteiger charge is 2.38. The van der Waals surface area contributed by atoms with Gasteiger partial charge in [0.2, 0.25) is 0 Å². The number of carbonyl (C=O) groups is 1. The number of hydrogen-bond acceptors (Lipinski definition) is 3. The van der Waals surface area contributed by atoms with Crippen molar-refractivity contribution in [2.45, 2.75) is 12.6 Å². The summed E-state index contributed by atoms with van der Waals surface area (Å²) in [5.41, 5.74) is 4.69. The van der Waals surface area contributed by atoms with Crippen molar-refractivity contribution >= 4 is 16.9 Å². The molecule has 0 radical (unpaired) electrons. The first-order chi connectivity index (χ1) is 13.3. The van der Waals surface area contributed by atoms with E-state index in [1.165, 1.54) is 5.56 Å². The van der Waals surface area contributed by atoms with Crippen LogP contribution in [0.4, 0.5) is 0 Å². The van der Waals surface area contributed by atoms with Crippen LogP contribution in [0, 0.1) is 0 Å². The number of aromatic nitrogens is 3. The largest absolute Gasteiger partial charge is 0.312 e. The van der Waals surface area contributed by atoms with Crippen molar-refractivity contribution in [1.29, 1.82) is 0 Å². The average molecular weight is 354 g/mol. The molecule has 0 bridgehead atoms. The molecule has 1 aliphatic heterocycles. The number of hydrogen-bond donors (Lipinski definition) is 0. The Morgan fingerprint density at radius 3 is 2.48 bits per heavy atom. The average Bonchev–Trinajstić information content (AvgIpc) is 3.26. The molecule has 0 aliphatic carbocycles. The number of benzene rings is 3. The Hall–Kier alpha value is -3.47. The molecule has 1 unspecified atom stereocenters. The maximum absolute atomic E-state index is 13.1. The van der Waals surface area contributed by atoms with Crippen molar-refractivity contribution in [3.8, 4) is 0 Å². The van der Waals surface area contributed by atoms with Gasteiger partial charge in [-0.15, -0.1) is 5.10 Å². The summed E-state index contributed by atoms with van der Waals surface area (Å²) < 4.78 is 1.87. The van der Waals surface area contributed by atoms with Crippen LogP contribution >= 0.6 is 0 Å². The van der Waals surface area contributed by atoms with Gasteiger partial charge in [-0.1, -0.05) is 65.9 Å². The second-order valence-electron chi connectivity index (χ2n) is 6.72. The quantitative estimate of drug-likeness (QED) is 0.562. The van der Waals surface area contributed by atoms with E-state index in [9.17, 15) is 4.79 Å². The highest BCUT2D eigenvalue weighted by Crippen LogP contribution is 2.35. The van der Waals surface area contributed by atoms with Crippen LogP contribution in [0.15, 0.2) is 78.9 Å². The van der Waals surface area contributed by atoms with Crippen molar-refractivity contribution < 1.29 is 4.79 Å². The number of para-hydroxylation sites is 1. The zero-order valence-electron chi connectivity index (χ0n) is 14.7. The molecule has 3 aromatic carbocycles. The second-order valence-corrected chi connectivity index (χ2v) is 6.72. The molecule has 1 amide bonds. The standard InChI is InChI=1S/C22H18N4O/c27-22-18-11-5-4-10-17(18)21(25(22)15-14-16-8-2-1-3-9-16)26-20-13-7-6-12-19(20)23-24-26/h1-13,21H,14-15H2. The number of nitrogens with zero attached hydrogens (tertiary/aromatic N) is 4. The first-order valence-corrected chi connectivity index (χ1v) is 9.07. The van der Waals surface area contributed by atoms with Gasteiger partial charge in [0.25, 0.3) is 5.91 Å². The Morgan fingerprint density at radius 1 is 0.852 bits per heavy atom. The van der Waals surface area contributed by atoms with Gasteiger partial charge in [-0.25, -0.2) is 4.68 Å². The molecule has 4 aromatic rings. The van der Waals surface area contributed by atoms with Crippen molar-refractivity contribution in [3.05, 3.63) is 95.6 Å². The summed E-state index contributed by atoms with van der Waals surface area (Å²) in [5, 5.41) is 8.68. The molecular formula is C22H18N4O. The van der Waals surface area contributed by atoms with E-state index in [4.69, 9.17) is 0 Å². The Labute approximate surface area is 156 Å². The summed E-state index contributed by atoms with van der Waals surface area (Å²) in [7, 11) is 0. The summed E-state index contributed by atoms with van der Waals surface area (Å²) in [5.74, 6) is 0.0473. The molecule has 132 valence electrons. The maximum Gasteiger partial charge on any atom is 0.256 e. The summed E-state index contributed by atoms with van der Waals surface area (Å²) in [6.07, 6.45) is 0.522. The number of amides is 1. The highest BCUT2D eigenvalue weighted by molar-refractivity contribution is 5.99. The highest BCUT2D eigenvalue weighted by atomic mass is 16.2. The van der Waals surface area contributed by atoms with Crippen LogP contribution in [0.1, 0.15) is 27.7 Å². The fourth-order valence-corrected chi connectivity index (χ4v) is 3.80. The van der Waals surface area contributed by atoms with Gasteiger partial charge in [-0.05, 0) is 30.2 Å². The molecule has 0 saturated heterocycles. The molecule has 0 fully saturated rings. The first kappa shape index (κ1) is 15.8. The van der Waals surface area contributed by atoms with Crippen LogP contribution in [0.5, 0.6) is 0 Å². The van der Waals surface area contributed by atoms with Crippen LogP contribution < -0.4 is 0 Å². The summed E-state index contributed by atoms with van der Waals surface area (Å²) >= 11 is 0. The van der Waals surface area contributed by atoms with E-state index in [0.717, 1.165) is 28.6 Å². The molecule has 5 rings (SSSR count). The Morgan fingerprint density at radius 2 is 1.59 bits per heavy atom. The van der Waals surface area contributed by atoms with Crippen LogP contribution in [0.2, 0.25) is 0 Å². The molecule has 1 aromatic heterocycles. The number of fused-ring (bicyclic) bond motifs is 2. The van der Waals surface area contributed by atoms with Gasteiger partial charge in [0.1, 0.15) is 5.52 Å². The molecule has 2 heterocycles. The van der Waals surface area contributed by atoms with Gasteiger partial charge < -0.3 is 4.90 Å². The maximum atomic E-state index is 13.1.